The zero-order valence-corrected chi connectivity index (χ0v) is 12.2. The van der Waals surface area contributed by atoms with Gasteiger partial charge < -0.3 is 15.2 Å². The van der Waals surface area contributed by atoms with Gasteiger partial charge in [-0.25, -0.2) is 0 Å². The van der Waals surface area contributed by atoms with Crippen LogP contribution in [0.25, 0.3) is 0 Å². The van der Waals surface area contributed by atoms with Crippen LogP contribution < -0.4 is 10.5 Å². The summed E-state index contributed by atoms with van der Waals surface area (Å²) in [5.41, 5.74) is 7.21. The molecule has 1 aromatic rings. The van der Waals surface area contributed by atoms with Crippen LogP contribution in [0.2, 0.25) is 0 Å². The van der Waals surface area contributed by atoms with Crippen LogP contribution in [0, 0.1) is 13.8 Å². The molecule has 0 aromatic heterocycles. The highest BCUT2D eigenvalue weighted by molar-refractivity contribution is 5.79. The van der Waals surface area contributed by atoms with Gasteiger partial charge in [0, 0.05) is 6.42 Å². The molecule has 0 aliphatic rings. The first-order valence-corrected chi connectivity index (χ1v) is 6.52. The first-order chi connectivity index (χ1) is 8.85. The number of nitrogens with two attached hydrogens (primary N) is 1. The molecule has 19 heavy (non-hydrogen) atoms. The van der Waals surface area contributed by atoms with Gasteiger partial charge in [0.15, 0.2) is 0 Å². The summed E-state index contributed by atoms with van der Waals surface area (Å²) >= 11 is 0. The number of benzene rings is 1. The highest BCUT2D eigenvalue weighted by Crippen LogP contribution is 2.17. The van der Waals surface area contributed by atoms with Crippen molar-refractivity contribution >= 4 is 5.97 Å². The minimum Gasteiger partial charge on any atom is -0.493 e. The number of carbonyl (C=O) groups is 1. The summed E-state index contributed by atoms with van der Waals surface area (Å²) in [5.74, 6) is 0.413. The number of aryl methyl sites for hydroxylation is 2. The quantitative estimate of drug-likeness (QED) is 0.802. The van der Waals surface area contributed by atoms with E-state index >= 15 is 0 Å². The molecule has 1 aromatic carbocycles. The van der Waals surface area contributed by atoms with Gasteiger partial charge in [-0.15, -0.1) is 0 Å². The van der Waals surface area contributed by atoms with Crippen molar-refractivity contribution in [1.29, 1.82) is 0 Å². The summed E-state index contributed by atoms with van der Waals surface area (Å²) in [6, 6.07) is 6.01. The smallest absolute Gasteiger partial charge is 0.325 e. The Morgan fingerprint density at radius 1 is 1.26 bits per heavy atom. The fourth-order valence-corrected chi connectivity index (χ4v) is 1.80. The monoisotopic (exact) mass is 265 g/mol. The van der Waals surface area contributed by atoms with E-state index in [2.05, 4.69) is 6.07 Å². The second-order valence-corrected chi connectivity index (χ2v) is 5.06. The Morgan fingerprint density at radius 3 is 2.37 bits per heavy atom. The van der Waals surface area contributed by atoms with Crippen LogP contribution in [0.1, 0.15) is 31.4 Å². The maximum Gasteiger partial charge on any atom is 0.325 e. The lowest BCUT2D eigenvalue weighted by Crippen LogP contribution is -2.47. The van der Waals surface area contributed by atoms with Crippen molar-refractivity contribution in [3.63, 3.8) is 0 Å². The van der Waals surface area contributed by atoms with E-state index in [0.717, 1.165) is 16.9 Å². The van der Waals surface area contributed by atoms with Crippen LogP contribution in [-0.2, 0) is 9.53 Å². The highest BCUT2D eigenvalue weighted by atomic mass is 16.5. The Balaban J connectivity index is 2.51. The molecule has 0 radical (unpaired) electrons. The van der Waals surface area contributed by atoms with Crippen molar-refractivity contribution in [1.82, 2.24) is 0 Å². The fourth-order valence-electron chi connectivity index (χ4n) is 1.80. The summed E-state index contributed by atoms with van der Waals surface area (Å²) < 4.78 is 10.6. The molecule has 0 saturated carbocycles. The van der Waals surface area contributed by atoms with E-state index in [-0.39, 0.29) is 5.97 Å². The zero-order chi connectivity index (χ0) is 14.5. The largest absolute Gasteiger partial charge is 0.493 e. The average Bonchev–Trinajstić information content (AvgIpc) is 2.27. The van der Waals surface area contributed by atoms with Gasteiger partial charge in [-0.1, -0.05) is 6.07 Å². The third-order valence-corrected chi connectivity index (χ3v) is 2.83. The lowest BCUT2D eigenvalue weighted by molar-refractivity contribution is -0.149. The molecule has 0 aliphatic carbocycles. The van der Waals surface area contributed by atoms with Crippen LogP contribution in [0.4, 0.5) is 0 Å². The standard InChI is InChI=1S/C15H23NO3/c1-5-18-14(17)15(4,16)6-7-19-13-9-11(2)8-12(3)10-13/h8-10H,5-7,16H2,1-4H3. The second-order valence-electron chi connectivity index (χ2n) is 5.06. The fraction of sp³-hybridized carbons (Fsp3) is 0.533. The molecule has 1 atom stereocenters. The molecule has 106 valence electrons. The number of ether oxygens (including phenoxy) is 2. The van der Waals surface area contributed by atoms with Crippen LogP contribution in [0.15, 0.2) is 18.2 Å². The summed E-state index contributed by atoms with van der Waals surface area (Å²) in [6.45, 7) is 8.19. The van der Waals surface area contributed by atoms with E-state index in [4.69, 9.17) is 15.2 Å². The van der Waals surface area contributed by atoms with Crippen LogP contribution in [0.3, 0.4) is 0 Å². The van der Waals surface area contributed by atoms with E-state index in [1.165, 1.54) is 0 Å². The van der Waals surface area contributed by atoms with Crippen molar-refractivity contribution in [2.45, 2.75) is 39.7 Å². The number of hydrogen-bond donors (Lipinski definition) is 1. The number of carbonyl (C=O) groups excluding carboxylic acids is 1. The molecule has 0 bridgehead atoms. The molecule has 0 heterocycles. The van der Waals surface area contributed by atoms with Crippen molar-refractivity contribution < 1.29 is 14.3 Å². The molecule has 0 aliphatic heterocycles. The van der Waals surface area contributed by atoms with Crippen LogP contribution in [-0.4, -0.2) is 24.7 Å². The summed E-state index contributed by atoms with van der Waals surface area (Å²) in [5, 5.41) is 0. The normalized spacial score (nSPS) is 13.7. The lowest BCUT2D eigenvalue weighted by Gasteiger charge is -2.22. The maximum atomic E-state index is 11.6. The summed E-state index contributed by atoms with van der Waals surface area (Å²) in [7, 11) is 0. The van der Waals surface area contributed by atoms with Gasteiger partial charge in [-0.2, -0.15) is 0 Å². The predicted molar refractivity (Wildman–Crippen MR) is 75.3 cm³/mol. The Bertz CT molecular complexity index is 421. The van der Waals surface area contributed by atoms with Gasteiger partial charge in [0.2, 0.25) is 0 Å². The van der Waals surface area contributed by atoms with Gasteiger partial charge in [0.05, 0.1) is 13.2 Å². The molecule has 1 rings (SSSR count). The van der Waals surface area contributed by atoms with Crippen LogP contribution in [0.5, 0.6) is 5.75 Å². The average molecular weight is 265 g/mol. The Labute approximate surface area is 114 Å². The van der Waals surface area contributed by atoms with E-state index in [1.807, 2.05) is 26.0 Å². The van der Waals surface area contributed by atoms with Gasteiger partial charge in [-0.3, -0.25) is 4.79 Å². The summed E-state index contributed by atoms with van der Waals surface area (Å²) in [6.07, 6.45) is 0.415. The van der Waals surface area contributed by atoms with E-state index in [0.29, 0.717) is 19.6 Å². The second kappa shape index (κ2) is 6.57. The van der Waals surface area contributed by atoms with E-state index < -0.39 is 5.54 Å². The maximum absolute atomic E-state index is 11.6. The van der Waals surface area contributed by atoms with Gasteiger partial charge in [0.25, 0.3) is 0 Å². The third kappa shape index (κ3) is 4.91. The van der Waals surface area contributed by atoms with Crippen molar-refractivity contribution in [3.05, 3.63) is 29.3 Å². The number of rotatable bonds is 6. The van der Waals surface area contributed by atoms with Crippen molar-refractivity contribution in [2.75, 3.05) is 13.2 Å². The molecule has 0 amide bonds. The zero-order valence-electron chi connectivity index (χ0n) is 12.2. The highest BCUT2D eigenvalue weighted by Gasteiger charge is 2.29. The molecule has 4 nitrogen and oxygen atoms in total. The molecule has 2 N–H and O–H groups in total. The Kier molecular flexibility index (Phi) is 5.36. The van der Waals surface area contributed by atoms with E-state index in [9.17, 15) is 4.79 Å². The lowest BCUT2D eigenvalue weighted by atomic mass is 10.0. The molecular weight excluding hydrogens is 242 g/mol. The molecule has 0 saturated heterocycles. The molecule has 0 fully saturated rings. The number of hydrogen-bond acceptors (Lipinski definition) is 4. The van der Waals surface area contributed by atoms with Gasteiger partial charge in [0.1, 0.15) is 11.3 Å². The topological polar surface area (TPSA) is 61.5 Å². The van der Waals surface area contributed by atoms with Gasteiger partial charge >= 0.3 is 5.97 Å². The van der Waals surface area contributed by atoms with Crippen molar-refractivity contribution in [3.8, 4) is 5.75 Å². The Hall–Kier alpha value is -1.55. The molecule has 4 heteroatoms. The first kappa shape index (κ1) is 15.5. The van der Waals surface area contributed by atoms with E-state index in [1.54, 1.807) is 13.8 Å². The molecule has 0 spiro atoms. The predicted octanol–water partition coefficient (Wildman–Crippen LogP) is 2.35. The Morgan fingerprint density at radius 2 is 1.84 bits per heavy atom. The first-order valence-electron chi connectivity index (χ1n) is 6.52. The van der Waals surface area contributed by atoms with Crippen molar-refractivity contribution in [2.24, 2.45) is 5.73 Å². The number of esters is 1. The summed E-state index contributed by atoms with van der Waals surface area (Å²) in [4.78, 5) is 11.6. The minimum atomic E-state index is -1.01. The minimum absolute atomic E-state index is 0.337. The third-order valence-electron chi connectivity index (χ3n) is 2.83. The SMILES string of the molecule is CCOC(=O)C(C)(N)CCOc1cc(C)cc(C)c1. The molecular formula is C15H23NO3. The van der Waals surface area contributed by atoms with Gasteiger partial charge in [-0.05, 0) is 51.0 Å². The molecule has 1 unspecified atom stereocenters. The van der Waals surface area contributed by atoms with Crippen LogP contribution >= 0.6 is 0 Å².